The zero-order valence-electron chi connectivity index (χ0n) is 11.4. The second-order valence-corrected chi connectivity index (χ2v) is 5.62. The van der Waals surface area contributed by atoms with Crippen LogP contribution in [0.25, 0.3) is 0 Å². The zero-order chi connectivity index (χ0) is 13.0. The van der Waals surface area contributed by atoms with E-state index in [9.17, 15) is 0 Å². The summed E-state index contributed by atoms with van der Waals surface area (Å²) in [5.74, 6) is 2.53. The first-order valence-corrected chi connectivity index (χ1v) is 6.84. The first kappa shape index (κ1) is 13.2. The molecule has 0 aliphatic carbocycles. The third-order valence-corrected chi connectivity index (χ3v) is 3.50. The minimum atomic E-state index is 0.753. The summed E-state index contributed by atoms with van der Waals surface area (Å²) in [5, 5.41) is 0. The van der Waals surface area contributed by atoms with Crippen molar-refractivity contribution in [1.82, 2.24) is 4.90 Å². The average molecular weight is 248 g/mol. The molecule has 1 heterocycles. The fraction of sp³-hybridized carbons (Fsp3) is 0.600. The fourth-order valence-corrected chi connectivity index (χ4v) is 2.83. The van der Waals surface area contributed by atoms with E-state index in [1.165, 1.54) is 19.5 Å². The van der Waals surface area contributed by atoms with Gasteiger partial charge in [0.1, 0.15) is 12.4 Å². The smallest absolute Gasteiger partial charge is 0.119 e. The highest BCUT2D eigenvalue weighted by Crippen LogP contribution is 2.20. The van der Waals surface area contributed by atoms with Gasteiger partial charge in [0.2, 0.25) is 0 Å². The molecule has 0 spiro atoms. The molecule has 1 aliphatic heterocycles. The van der Waals surface area contributed by atoms with Gasteiger partial charge in [-0.2, -0.15) is 0 Å². The molecule has 0 bridgehead atoms. The molecule has 1 saturated heterocycles. The third kappa shape index (κ3) is 3.91. The van der Waals surface area contributed by atoms with E-state index in [0.29, 0.717) is 0 Å². The number of likely N-dealkylation sites (tertiary alicyclic amines) is 1. The standard InChI is InChI=1S/C15H24N2O/c1-12-9-13(2)11-17(10-12)7-8-18-15-5-3-14(16)4-6-15/h3-6,12-13H,7-11,16H2,1-2H3/t12-,13+. The van der Waals surface area contributed by atoms with Crippen LogP contribution in [0.4, 0.5) is 5.69 Å². The minimum Gasteiger partial charge on any atom is -0.492 e. The Labute approximate surface area is 110 Å². The van der Waals surface area contributed by atoms with Gasteiger partial charge in [0.15, 0.2) is 0 Å². The Balaban J connectivity index is 1.73. The summed E-state index contributed by atoms with van der Waals surface area (Å²) < 4.78 is 5.74. The lowest BCUT2D eigenvalue weighted by Crippen LogP contribution is -2.40. The second-order valence-electron chi connectivity index (χ2n) is 5.62. The molecule has 3 nitrogen and oxygen atoms in total. The molecule has 2 rings (SSSR count). The molecule has 0 saturated carbocycles. The Hall–Kier alpha value is -1.22. The van der Waals surface area contributed by atoms with Crippen molar-refractivity contribution in [2.75, 3.05) is 32.0 Å². The number of hydrogen-bond donors (Lipinski definition) is 1. The summed E-state index contributed by atoms with van der Waals surface area (Å²) in [6.45, 7) is 8.85. The number of anilines is 1. The SMILES string of the molecule is C[C@@H]1C[C@H](C)CN(CCOc2ccc(N)cc2)C1. The van der Waals surface area contributed by atoms with Gasteiger partial charge in [0.25, 0.3) is 0 Å². The van der Waals surface area contributed by atoms with Crippen molar-refractivity contribution in [2.24, 2.45) is 11.8 Å². The predicted molar refractivity (Wildman–Crippen MR) is 75.7 cm³/mol. The molecule has 100 valence electrons. The van der Waals surface area contributed by atoms with Crippen LogP contribution in [0.15, 0.2) is 24.3 Å². The van der Waals surface area contributed by atoms with Crippen molar-refractivity contribution in [3.63, 3.8) is 0 Å². The Morgan fingerprint density at radius 3 is 2.39 bits per heavy atom. The third-order valence-electron chi connectivity index (χ3n) is 3.50. The van der Waals surface area contributed by atoms with Crippen molar-refractivity contribution >= 4 is 5.69 Å². The van der Waals surface area contributed by atoms with Crippen LogP contribution >= 0.6 is 0 Å². The monoisotopic (exact) mass is 248 g/mol. The van der Waals surface area contributed by atoms with Crippen LogP contribution in [0.2, 0.25) is 0 Å². The van der Waals surface area contributed by atoms with Crippen LogP contribution in [0.1, 0.15) is 20.3 Å². The molecule has 0 amide bonds. The molecule has 1 aromatic rings. The van der Waals surface area contributed by atoms with E-state index in [2.05, 4.69) is 18.7 Å². The predicted octanol–water partition coefficient (Wildman–Crippen LogP) is 2.63. The maximum Gasteiger partial charge on any atom is 0.119 e. The number of ether oxygens (including phenoxy) is 1. The Morgan fingerprint density at radius 2 is 1.78 bits per heavy atom. The molecule has 1 fully saturated rings. The average Bonchev–Trinajstić information content (AvgIpc) is 2.30. The molecule has 3 heteroatoms. The van der Waals surface area contributed by atoms with Crippen LogP contribution in [0, 0.1) is 11.8 Å². The highest BCUT2D eigenvalue weighted by atomic mass is 16.5. The molecule has 2 atom stereocenters. The number of hydrogen-bond acceptors (Lipinski definition) is 3. The molecule has 0 aromatic heterocycles. The summed E-state index contributed by atoms with van der Waals surface area (Å²) in [7, 11) is 0. The van der Waals surface area contributed by atoms with Gasteiger partial charge in [-0.25, -0.2) is 0 Å². The number of nitrogens with zero attached hydrogens (tertiary/aromatic N) is 1. The zero-order valence-corrected chi connectivity index (χ0v) is 11.4. The van der Waals surface area contributed by atoms with E-state index in [-0.39, 0.29) is 0 Å². The van der Waals surface area contributed by atoms with Crippen LogP contribution in [0.5, 0.6) is 5.75 Å². The van der Waals surface area contributed by atoms with E-state index >= 15 is 0 Å². The minimum absolute atomic E-state index is 0.753. The van der Waals surface area contributed by atoms with E-state index in [4.69, 9.17) is 10.5 Å². The second kappa shape index (κ2) is 6.10. The summed E-state index contributed by atoms with van der Waals surface area (Å²) >= 11 is 0. The molecule has 1 aromatic carbocycles. The first-order chi connectivity index (χ1) is 8.63. The van der Waals surface area contributed by atoms with Crippen LogP contribution in [-0.2, 0) is 0 Å². The summed E-state index contributed by atoms with van der Waals surface area (Å²) in [6.07, 6.45) is 1.36. The molecule has 1 aliphatic rings. The molecule has 18 heavy (non-hydrogen) atoms. The lowest BCUT2D eigenvalue weighted by atomic mass is 9.92. The fourth-order valence-electron chi connectivity index (χ4n) is 2.83. The van der Waals surface area contributed by atoms with Crippen LogP contribution < -0.4 is 10.5 Å². The van der Waals surface area contributed by atoms with Crippen molar-refractivity contribution < 1.29 is 4.74 Å². The maximum absolute atomic E-state index is 5.74. The molecule has 2 N–H and O–H groups in total. The number of nitrogen functional groups attached to an aromatic ring is 1. The largest absolute Gasteiger partial charge is 0.492 e. The normalized spacial score (nSPS) is 25.0. The van der Waals surface area contributed by atoms with Crippen LogP contribution in [0.3, 0.4) is 0 Å². The first-order valence-electron chi connectivity index (χ1n) is 6.84. The van der Waals surface area contributed by atoms with Gasteiger partial charge in [-0.15, -0.1) is 0 Å². The summed E-state index contributed by atoms with van der Waals surface area (Å²) in [4.78, 5) is 2.51. The lowest BCUT2D eigenvalue weighted by molar-refractivity contribution is 0.120. The highest BCUT2D eigenvalue weighted by Gasteiger charge is 2.21. The van der Waals surface area contributed by atoms with E-state index in [0.717, 1.165) is 36.4 Å². The number of benzene rings is 1. The molecular weight excluding hydrogens is 224 g/mol. The topological polar surface area (TPSA) is 38.5 Å². The van der Waals surface area contributed by atoms with Gasteiger partial charge >= 0.3 is 0 Å². The van der Waals surface area contributed by atoms with E-state index < -0.39 is 0 Å². The van der Waals surface area contributed by atoms with Crippen molar-refractivity contribution in [3.05, 3.63) is 24.3 Å². The van der Waals surface area contributed by atoms with Gasteiger partial charge in [-0.3, -0.25) is 4.90 Å². The quantitative estimate of drug-likeness (QED) is 0.832. The van der Waals surface area contributed by atoms with Crippen molar-refractivity contribution in [1.29, 1.82) is 0 Å². The van der Waals surface area contributed by atoms with E-state index in [1.807, 2.05) is 24.3 Å². The molecule has 0 unspecified atom stereocenters. The molecule has 0 radical (unpaired) electrons. The van der Waals surface area contributed by atoms with Gasteiger partial charge in [-0.05, 0) is 42.5 Å². The van der Waals surface area contributed by atoms with Crippen molar-refractivity contribution in [2.45, 2.75) is 20.3 Å². The Kier molecular flexibility index (Phi) is 4.48. The summed E-state index contributed by atoms with van der Waals surface area (Å²) in [6, 6.07) is 7.61. The van der Waals surface area contributed by atoms with Crippen LogP contribution in [-0.4, -0.2) is 31.1 Å². The summed E-state index contributed by atoms with van der Waals surface area (Å²) in [5.41, 5.74) is 6.42. The van der Waals surface area contributed by atoms with E-state index in [1.54, 1.807) is 0 Å². The van der Waals surface area contributed by atoms with Crippen molar-refractivity contribution in [3.8, 4) is 5.75 Å². The Morgan fingerprint density at radius 1 is 1.17 bits per heavy atom. The van der Waals surface area contributed by atoms with Gasteiger partial charge in [0.05, 0.1) is 0 Å². The molecular formula is C15H24N2O. The number of rotatable bonds is 4. The van der Waals surface area contributed by atoms with Gasteiger partial charge in [0, 0.05) is 25.3 Å². The lowest BCUT2D eigenvalue weighted by Gasteiger charge is -2.34. The number of piperidine rings is 1. The van der Waals surface area contributed by atoms with Gasteiger partial charge < -0.3 is 10.5 Å². The number of nitrogens with two attached hydrogens (primary N) is 1. The maximum atomic E-state index is 5.74. The highest BCUT2D eigenvalue weighted by molar-refractivity contribution is 5.41. The Bertz CT molecular complexity index is 353. The van der Waals surface area contributed by atoms with Gasteiger partial charge in [-0.1, -0.05) is 13.8 Å².